The van der Waals surface area contributed by atoms with Crippen LogP contribution in [-0.2, 0) is 12.0 Å². The first-order valence-electron chi connectivity index (χ1n) is 6.41. The van der Waals surface area contributed by atoms with Crippen LogP contribution in [-0.4, -0.2) is 10.1 Å². The molecule has 0 spiro atoms. The molecule has 0 aliphatic carbocycles. The quantitative estimate of drug-likeness (QED) is 0.891. The van der Waals surface area contributed by atoms with Crippen molar-refractivity contribution in [3.63, 3.8) is 0 Å². The molecule has 0 saturated heterocycles. The molecule has 0 saturated carbocycles. The summed E-state index contributed by atoms with van der Waals surface area (Å²) in [6, 6.07) is 7.68. The molecule has 1 aromatic heterocycles. The first kappa shape index (κ1) is 14.5. The number of halogens is 1. The maximum absolute atomic E-state index is 10.3. The van der Waals surface area contributed by atoms with Gasteiger partial charge in [0.2, 0.25) is 0 Å². The van der Waals surface area contributed by atoms with Crippen LogP contribution in [0.15, 0.2) is 24.3 Å². The van der Waals surface area contributed by atoms with Gasteiger partial charge in [-0.3, -0.25) is 0 Å². The molecule has 102 valence electrons. The van der Waals surface area contributed by atoms with E-state index in [1.54, 1.807) is 13.8 Å². The first-order valence-corrected chi connectivity index (χ1v) is 7.60. The highest BCUT2D eigenvalue weighted by atomic mass is 35.5. The maximum atomic E-state index is 10.3. The Morgan fingerprint density at radius 3 is 2.58 bits per heavy atom. The summed E-state index contributed by atoms with van der Waals surface area (Å²) in [5.41, 5.74) is 1.05. The van der Waals surface area contributed by atoms with E-state index in [0.29, 0.717) is 5.02 Å². The normalized spacial score (nSPS) is 11.8. The summed E-state index contributed by atoms with van der Waals surface area (Å²) in [6.45, 7) is 5.72. The molecule has 0 unspecified atom stereocenters. The minimum absolute atomic E-state index is 0.696. The van der Waals surface area contributed by atoms with Crippen molar-refractivity contribution < 1.29 is 5.11 Å². The third kappa shape index (κ3) is 3.16. The van der Waals surface area contributed by atoms with Crippen LogP contribution in [0.3, 0.4) is 0 Å². The van der Waals surface area contributed by atoms with E-state index in [-0.39, 0.29) is 0 Å². The highest BCUT2D eigenvalue weighted by molar-refractivity contribution is 7.15. The number of aromatic nitrogens is 1. The Morgan fingerprint density at radius 1 is 1.32 bits per heavy atom. The monoisotopic (exact) mass is 295 g/mol. The van der Waals surface area contributed by atoms with Crippen molar-refractivity contribution in [2.75, 3.05) is 0 Å². The Morgan fingerprint density at radius 2 is 2.00 bits per heavy atom. The Balaban J connectivity index is 2.52. The Kier molecular flexibility index (Phi) is 4.29. The van der Waals surface area contributed by atoms with Gasteiger partial charge in [0.25, 0.3) is 0 Å². The fourth-order valence-electron chi connectivity index (χ4n) is 1.99. The van der Waals surface area contributed by atoms with Gasteiger partial charge in [-0.1, -0.05) is 43.1 Å². The molecule has 4 heteroatoms. The SMILES string of the molecule is CCCc1nc(-c2ccccc2Cl)sc1C(C)(C)O. The van der Waals surface area contributed by atoms with Gasteiger partial charge in [-0.25, -0.2) is 4.98 Å². The van der Waals surface area contributed by atoms with Gasteiger partial charge >= 0.3 is 0 Å². The van der Waals surface area contributed by atoms with E-state index in [2.05, 4.69) is 11.9 Å². The van der Waals surface area contributed by atoms with Crippen molar-refractivity contribution in [2.24, 2.45) is 0 Å². The van der Waals surface area contributed by atoms with Gasteiger partial charge in [-0.15, -0.1) is 11.3 Å². The average Bonchev–Trinajstić information content (AvgIpc) is 2.74. The van der Waals surface area contributed by atoms with E-state index in [0.717, 1.165) is 34.0 Å². The molecule has 0 fully saturated rings. The lowest BCUT2D eigenvalue weighted by atomic mass is 10.0. The molecule has 0 amide bonds. The molecule has 0 atom stereocenters. The van der Waals surface area contributed by atoms with E-state index >= 15 is 0 Å². The average molecular weight is 296 g/mol. The number of rotatable bonds is 4. The number of hydrogen-bond donors (Lipinski definition) is 1. The predicted molar refractivity (Wildman–Crippen MR) is 81.8 cm³/mol. The highest BCUT2D eigenvalue weighted by Gasteiger charge is 2.25. The zero-order valence-corrected chi connectivity index (χ0v) is 13.0. The standard InChI is InChI=1S/C15H18ClNOS/c1-4-7-12-13(15(2,3)18)19-14(17-12)10-8-5-6-9-11(10)16/h5-6,8-9,18H,4,7H2,1-3H3. The van der Waals surface area contributed by atoms with E-state index < -0.39 is 5.60 Å². The Labute approximate surface area is 123 Å². The van der Waals surface area contributed by atoms with Crippen molar-refractivity contribution in [2.45, 2.75) is 39.2 Å². The summed E-state index contributed by atoms with van der Waals surface area (Å²) < 4.78 is 0. The van der Waals surface area contributed by atoms with Crippen molar-refractivity contribution in [3.8, 4) is 10.6 Å². The summed E-state index contributed by atoms with van der Waals surface area (Å²) in [6.07, 6.45) is 1.88. The molecule has 2 rings (SSSR count). The van der Waals surface area contributed by atoms with Gasteiger partial charge in [0.1, 0.15) is 5.01 Å². The molecule has 2 aromatic rings. The number of hydrogen-bond acceptors (Lipinski definition) is 3. The van der Waals surface area contributed by atoms with E-state index in [1.807, 2.05) is 24.3 Å². The van der Waals surface area contributed by atoms with Crippen LogP contribution in [0.2, 0.25) is 5.02 Å². The number of benzene rings is 1. The number of thiazole rings is 1. The van der Waals surface area contributed by atoms with Crippen LogP contribution in [0.25, 0.3) is 10.6 Å². The molecular formula is C15H18ClNOS. The summed E-state index contributed by atoms with van der Waals surface area (Å²) in [5.74, 6) is 0. The molecular weight excluding hydrogens is 278 g/mol. The van der Waals surface area contributed by atoms with E-state index in [9.17, 15) is 5.11 Å². The summed E-state index contributed by atoms with van der Waals surface area (Å²) in [4.78, 5) is 5.61. The molecule has 1 aromatic carbocycles. The smallest absolute Gasteiger partial charge is 0.125 e. The van der Waals surface area contributed by atoms with Gasteiger partial charge in [-0.2, -0.15) is 0 Å². The topological polar surface area (TPSA) is 33.1 Å². The molecule has 2 nitrogen and oxygen atoms in total. The molecule has 1 N–H and O–H groups in total. The van der Waals surface area contributed by atoms with Crippen molar-refractivity contribution in [3.05, 3.63) is 39.9 Å². The summed E-state index contributed by atoms with van der Waals surface area (Å²) in [5, 5.41) is 11.8. The van der Waals surface area contributed by atoms with Crippen LogP contribution in [0, 0.1) is 0 Å². The first-order chi connectivity index (χ1) is 8.93. The number of nitrogens with zero attached hydrogens (tertiary/aromatic N) is 1. The van der Waals surface area contributed by atoms with Crippen molar-refractivity contribution >= 4 is 22.9 Å². The zero-order valence-electron chi connectivity index (χ0n) is 11.4. The second kappa shape index (κ2) is 5.61. The molecule has 0 bridgehead atoms. The minimum Gasteiger partial charge on any atom is -0.385 e. The van der Waals surface area contributed by atoms with Crippen molar-refractivity contribution in [1.29, 1.82) is 0 Å². The molecule has 1 heterocycles. The lowest BCUT2D eigenvalue weighted by molar-refractivity contribution is 0.0813. The minimum atomic E-state index is -0.859. The maximum Gasteiger partial charge on any atom is 0.125 e. The van der Waals surface area contributed by atoms with Gasteiger partial charge in [0.05, 0.1) is 21.2 Å². The second-order valence-corrected chi connectivity index (χ2v) is 6.49. The third-order valence-corrected chi connectivity index (χ3v) is 4.62. The molecule has 19 heavy (non-hydrogen) atoms. The van der Waals surface area contributed by atoms with Crippen LogP contribution >= 0.6 is 22.9 Å². The lowest BCUT2D eigenvalue weighted by Crippen LogP contribution is -2.15. The fourth-order valence-corrected chi connectivity index (χ4v) is 3.42. The van der Waals surface area contributed by atoms with Crippen molar-refractivity contribution in [1.82, 2.24) is 4.98 Å². The number of aryl methyl sites for hydroxylation is 1. The molecule has 0 radical (unpaired) electrons. The summed E-state index contributed by atoms with van der Waals surface area (Å²) in [7, 11) is 0. The Bertz CT molecular complexity index is 572. The fraction of sp³-hybridized carbons (Fsp3) is 0.400. The largest absolute Gasteiger partial charge is 0.385 e. The van der Waals surface area contributed by atoms with Crippen LogP contribution < -0.4 is 0 Å². The highest BCUT2D eigenvalue weighted by Crippen LogP contribution is 2.37. The second-order valence-electron chi connectivity index (χ2n) is 5.08. The van der Waals surface area contributed by atoms with Gasteiger partial charge in [0, 0.05) is 5.56 Å². The van der Waals surface area contributed by atoms with Gasteiger partial charge in [-0.05, 0) is 26.3 Å². The summed E-state index contributed by atoms with van der Waals surface area (Å²) >= 11 is 7.74. The number of aliphatic hydroxyl groups is 1. The molecule has 0 aliphatic rings. The predicted octanol–water partition coefficient (Wildman–Crippen LogP) is 4.64. The van der Waals surface area contributed by atoms with Gasteiger partial charge < -0.3 is 5.11 Å². The lowest BCUT2D eigenvalue weighted by Gasteiger charge is -2.16. The van der Waals surface area contributed by atoms with Crippen LogP contribution in [0.4, 0.5) is 0 Å². The van der Waals surface area contributed by atoms with Crippen LogP contribution in [0.5, 0.6) is 0 Å². The molecule has 0 aliphatic heterocycles. The van der Waals surface area contributed by atoms with Gasteiger partial charge in [0.15, 0.2) is 0 Å². The zero-order chi connectivity index (χ0) is 14.0. The Hall–Kier alpha value is -0.900. The van der Waals surface area contributed by atoms with Crippen LogP contribution in [0.1, 0.15) is 37.8 Å². The third-order valence-electron chi connectivity index (χ3n) is 2.84. The van der Waals surface area contributed by atoms with E-state index in [1.165, 1.54) is 11.3 Å². The van der Waals surface area contributed by atoms with E-state index in [4.69, 9.17) is 11.6 Å².